The normalized spacial score (nSPS) is 14.8. The third-order valence-electron chi connectivity index (χ3n) is 3.51. The molecule has 1 aliphatic rings. The first kappa shape index (κ1) is 13.2. The van der Waals surface area contributed by atoms with Gasteiger partial charge in [0.05, 0.1) is 6.61 Å². The van der Waals surface area contributed by atoms with Gasteiger partial charge in [0.1, 0.15) is 5.75 Å². The number of hydrogen-bond donors (Lipinski definition) is 0. The monoisotopic (exact) mass is 243 g/mol. The first-order valence-corrected chi connectivity index (χ1v) is 6.98. The minimum atomic E-state index is 0.760. The molecular formula is C17H23O. The van der Waals surface area contributed by atoms with E-state index in [2.05, 4.69) is 38.6 Å². The van der Waals surface area contributed by atoms with Crippen molar-refractivity contribution in [1.29, 1.82) is 0 Å². The van der Waals surface area contributed by atoms with Gasteiger partial charge in [-0.15, -0.1) is 6.58 Å². The summed E-state index contributed by atoms with van der Waals surface area (Å²) in [6.07, 6.45) is 6.86. The molecular weight excluding hydrogens is 220 g/mol. The van der Waals surface area contributed by atoms with Gasteiger partial charge in [-0.3, -0.25) is 0 Å². The van der Waals surface area contributed by atoms with Crippen molar-refractivity contribution in [1.82, 2.24) is 0 Å². The van der Waals surface area contributed by atoms with Crippen LogP contribution in [-0.2, 0) is 0 Å². The maximum atomic E-state index is 5.85. The van der Waals surface area contributed by atoms with Crippen LogP contribution in [0.2, 0.25) is 0 Å². The largest absolute Gasteiger partial charge is 0.494 e. The Morgan fingerprint density at radius 1 is 1.39 bits per heavy atom. The van der Waals surface area contributed by atoms with Crippen molar-refractivity contribution in [2.24, 2.45) is 0 Å². The SMILES string of the molecule is C=C[C](C)c1cc(OCCCC)cc(C2CC2)c1. The lowest BCUT2D eigenvalue weighted by atomic mass is 9.97. The molecule has 2 rings (SSSR count). The van der Waals surface area contributed by atoms with Crippen LogP contribution in [0.4, 0.5) is 0 Å². The van der Waals surface area contributed by atoms with Crippen LogP contribution < -0.4 is 4.74 Å². The quantitative estimate of drug-likeness (QED) is 0.621. The van der Waals surface area contributed by atoms with E-state index in [1.54, 1.807) is 0 Å². The molecule has 1 aromatic carbocycles. The Morgan fingerprint density at radius 3 is 2.78 bits per heavy atom. The van der Waals surface area contributed by atoms with Crippen LogP contribution in [0.3, 0.4) is 0 Å². The lowest BCUT2D eigenvalue weighted by Gasteiger charge is -2.13. The lowest BCUT2D eigenvalue weighted by molar-refractivity contribution is 0.309. The predicted octanol–water partition coefficient (Wildman–Crippen LogP) is 4.87. The van der Waals surface area contributed by atoms with Crippen molar-refractivity contribution in [2.45, 2.75) is 45.4 Å². The van der Waals surface area contributed by atoms with Gasteiger partial charge in [-0.2, -0.15) is 0 Å². The summed E-state index contributed by atoms with van der Waals surface area (Å²) in [6, 6.07) is 6.65. The molecule has 1 radical (unpaired) electrons. The third kappa shape index (κ3) is 3.38. The highest BCUT2D eigenvalue weighted by atomic mass is 16.5. The van der Waals surface area contributed by atoms with Gasteiger partial charge >= 0.3 is 0 Å². The highest BCUT2D eigenvalue weighted by molar-refractivity contribution is 5.45. The minimum absolute atomic E-state index is 0.760. The maximum absolute atomic E-state index is 5.85. The fourth-order valence-corrected chi connectivity index (χ4v) is 2.04. The Morgan fingerprint density at radius 2 is 2.17 bits per heavy atom. The number of hydrogen-bond acceptors (Lipinski definition) is 1. The summed E-state index contributed by atoms with van der Waals surface area (Å²) in [7, 11) is 0. The van der Waals surface area contributed by atoms with Gasteiger partial charge in [-0.25, -0.2) is 0 Å². The van der Waals surface area contributed by atoms with E-state index < -0.39 is 0 Å². The number of unbranched alkanes of at least 4 members (excludes halogenated alkanes) is 1. The van der Waals surface area contributed by atoms with Crippen molar-refractivity contribution < 1.29 is 4.74 Å². The molecule has 1 aliphatic carbocycles. The van der Waals surface area contributed by atoms with Crippen LogP contribution in [0.25, 0.3) is 0 Å². The molecule has 0 saturated heterocycles. The first-order chi connectivity index (χ1) is 8.74. The van der Waals surface area contributed by atoms with Crippen LogP contribution in [-0.4, -0.2) is 6.61 Å². The van der Waals surface area contributed by atoms with E-state index in [1.165, 1.54) is 36.3 Å². The van der Waals surface area contributed by atoms with Crippen LogP contribution in [0, 0.1) is 5.92 Å². The molecule has 0 N–H and O–H groups in total. The zero-order valence-electron chi connectivity index (χ0n) is 11.5. The second kappa shape index (κ2) is 6.08. The lowest BCUT2D eigenvalue weighted by Crippen LogP contribution is -1.99. The van der Waals surface area contributed by atoms with Crippen LogP contribution >= 0.6 is 0 Å². The van der Waals surface area contributed by atoms with Crippen LogP contribution in [0.1, 0.15) is 56.6 Å². The summed E-state index contributed by atoms with van der Waals surface area (Å²) in [5.74, 6) is 3.00. The summed E-state index contributed by atoms with van der Waals surface area (Å²) < 4.78 is 5.85. The molecule has 18 heavy (non-hydrogen) atoms. The fourth-order valence-electron chi connectivity index (χ4n) is 2.04. The summed E-state index contributed by atoms with van der Waals surface area (Å²) in [6.45, 7) is 8.96. The number of rotatable bonds is 7. The van der Waals surface area contributed by atoms with Gasteiger partial charge in [0.25, 0.3) is 0 Å². The Balaban J connectivity index is 2.16. The molecule has 0 aromatic heterocycles. The van der Waals surface area contributed by atoms with Gasteiger partial charge in [0.2, 0.25) is 0 Å². The van der Waals surface area contributed by atoms with Crippen molar-refractivity contribution >= 4 is 0 Å². The van der Waals surface area contributed by atoms with Gasteiger partial charge in [0, 0.05) is 5.92 Å². The van der Waals surface area contributed by atoms with E-state index in [4.69, 9.17) is 4.74 Å². The van der Waals surface area contributed by atoms with Gasteiger partial charge in [-0.05, 0) is 48.4 Å². The van der Waals surface area contributed by atoms with E-state index in [9.17, 15) is 0 Å². The summed E-state index contributed by atoms with van der Waals surface area (Å²) in [5.41, 5.74) is 2.68. The first-order valence-electron chi connectivity index (χ1n) is 6.98. The van der Waals surface area contributed by atoms with Crippen LogP contribution in [0.5, 0.6) is 5.75 Å². The van der Waals surface area contributed by atoms with E-state index in [1.807, 2.05) is 6.08 Å². The predicted molar refractivity (Wildman–Crippen MR) is 77.0 cm³/mol. The fraction of sp³-hybridized carbons (Fsp3) is 0.471. The van der Waals surface area contributed by atoms with Gasteiger partial charge in [-0.1, -0.05) is 32.4 Å². The molecule has 0 bridgehead atoms. The second-order valence-corrected chi connectivity index (χ2v) is 5.15. The molecule has 0 unspecified atom stereocenters. The highest BCUT2D eigenvalue weighted by Gasteiger charge is 2.24. The standard InChI is InChI=1S/C17H23O/c1-4-6-9-18-17-11-15(13(3)5-2)10-16(12-17)14-7-8-14/h5,10-12,14H,2,4,6-9H2,1,3H3. The summed E-state index contributed by atoms with van der Waals surface area (Å²) in [4.78, 5) is 0. The van der Waals surface area contributed by atoms with Crippen LogP contribution in [0.15, 0.2) is 30.9 Å². The average molecular weight is 243 g/mol. The Bertz CT molecular complexity index is 404. The number of allylic oxidation sites excluding steroid dienone is 1. The Kier molecular flexibility index (Phi) is 4.46. The smallest absolute Gasteiger partial charge is 0.119 e. The molecule has 0 spiro atoms. The maximum Gasteiger partial charge on any atom is 0.119 e. The Labute approximate surface area is 111 Å². The zero-order valence-corrected chi connectivity index (χ0v) is 11.5. The van der Waals surface area contributed by atoms with E-state index in [-0.39, 0.29) is 0 Å². The van der Waals surface area contributed by atoms with E-state index >= 15 is 0 Å². The Hall–Kier alpha value is -1.24. The molecule has 1 nitrogen and oxygen atoms in total. The molecule has 1 saturated carbocycles. The second-order valence-electron chi connectivity index (χ2n) is 5.15. The summed E-state index contributed by atoms with van der Waals surface area (Å²) in [5, 5.41) is 0. The molecule has 1 fully saturated rings. The molecule has 97 valence electrons. The molecule has 0 amide bonds. The third-order valence-corrected chi connectivity index (χ3v) is 3.51. The molecule has 0 aliphatic heterocycles. The van der Waals surface area contributed by atoms with E-state index in [0.717, 1.165) is 24.7 Å². The summed E-state index contributed by atoms with van der Waals surface area (Å²) >= 11 is 0. The van der Waals surface area contributed by atoms with Gasteiger partial charge in [0.15, 0.2) is 0 Å². The van der Waals surface area contributed by atoms with Crippen molar-refractivity contribution in [3.05, 3.63) is 47.9 Å². The number of ether oxygens (including phenoxy) is 1. The van der Waals surface area contributed by atoms with Crippen molar-refractivity contribution in [2.75, 3.05) is 6.61 Å². The molecule has 1 aromatic rings. The zero-order chi connectivity index (χ0) is 13.0. The van der Waals surface area contributed by atoms with Crippen molar-refractivity contribution in [3.63, 3.8) is 0 Å². The minimum Gasteiger partial charge on any atom is -0.494 e. The van der Waals surface area contributed by atoms with E-state index in [0.29, 0.717) is 0 Å². The van der Waals surface area contributed by atoms with Crippen molar-refractivity contribution in [3.8, 4) is 5.75 Å². The highest BCUT2D eigenvalue weighted by Crippen LogP contribution is 2.42. The molecule has 1 heteroatoms. The molecule has 0 atom stereocenters. The molecule has 0 heterocycles. The average Bonchev–Trinajstić information content (AvgIpc) is 3.22. The topological polar surface area (TPSA) is 9.23 Å². The number of benzene rings is 1. The van der Waals surface area contributed by atoms with Gasteiger partial charge < -0.3 is 4.74 Å².